The summed E-state index contributed by atoms with van der Waals surface area (Å²) in [5, 5.41) is 5.75. The van der Waals surface area contributed by atoms with Crippen LogP contribution in [0.1, 0.15) is 23.2 Å². The van der Waals surface area contributed by atoms with Gasteiger partial charge in [-0.15, -0.1) is 0 Å². The van der Waals surface area contributed by atoms with Crippen LogP contribution in [0.3, 0.4) is 0 Å². The lowest BCUT2D eigenvalue weighted by Crippen LogP contribution is -2.33. The van der Waals surface area contributed by atoms with Crippen LogP contribution in [0, 0.1) is 11.6 Å². The molecule has 0 saturated heterocycles. The molecule has 2 rings (SSSR count). The van der Waals surface area contributed by atoms with Gasteiger partial charge in [0.25, 0.3) is 5.91 Å². The van der Waals surface area contributed by atoms with E-state index in [2.05, 4.69) is 10.6 Å². The fraction of sp³-hybridized carbons (Fsp3) is 0.417. The van der Waals surface area contributed by atoms with Gasteiger partial charge in [0.05, 0.1) is 5.56 Å². The highest BCUT2D eigenvalue weighted by molar-refractivity contribution is 5.94. The Morgan fingerprint density at radius 1 is 1.29 bits per heavy atom. The van der Waals surface area contributed by atoms with Gasteiger partial charge in [-0.2, -0.15) is 0 Å². The Morgan fingerprint density at radius 2 is 2.06 bits per heavy atom. The Labute approximate surface area is 98.2 Å². The molecule has 1 aromatic carbocycles. The van der Waals surface area contributed by atoms with E-state index in [1.54, 1.807) is 0 Å². The number of carbonyl (C=O) groups excluding carboxylic acids is 1. The second-order valence-electron chi connectivity index (χ2n) is 4.09. The number of benzene rings is 1. The van der Waals surface area contributed by atoms with Crippen LogP contribution in [0.15, 0.2) is 18.2 Å². The Hall–Kier alpha value is -1.49. The van der Waals surface area contributed by atoms with Gasteiger partial charge in [-0.05, 0) is 25.0 Å². The molecule has 1 amide bonds. The van der Waals surface area contributed by atoms with Crippen molar-refractivity contribution in [1.82, 2.24) is 10.6 Å². The minimum absolute atomic E-state index is 0.253. The van der Waals surface area contributed by atoms with E-state index in [9.17, 15) is 13.6 Å². The molecule has 5 heteroatoms. The van der Waals surface area contributed by atoms with Crippen LogP contribution in [-0.2, 0) is 0 Å². The van der Waals surface area contributed by atoms with E-state index in [1.807, 2.05) is 0 Å². The van der Waals surface area contributed by atoms with Gasteiger partial charge in [-0.1, -0.05) is 6.07 Å². The number of carbonyl (C=O) groups is 1. The molecule has 2 N–H and O–H groups in total. The highest BCUT2D eigenvalue weighted by Gasteiger charge is 2.20. The Kier molecular flexibility index (Phi) is 3.68. The first-order chi connectivity index (χ1) is 8.18. The predicted octanol–water partition coefficient (Wildman–Crippen LogP) is 1.45. The molecule has 3 nitrogen and oxygen atoms in total. The molecular weight excluding hydrogens is 226 g/mol. The first-order valence-electron chi connectivity index (χ1n) is 5.64. The third-order valence-electron chi connectivity index (χ3n) is 2.62. The van der Waals surface area contributed by atoms with Crippen LogP contribution in [0.25, 0.3) is 0 Å². The van der Waals surface area contributed by atoms with E-state index in [1.165, 1.54) is 25.0 Å². The number of amides is 1. The molecule has 0 radical (unpaired) electrons. The van der Waals surface area contributed by atoms with Crippen molar-refractivity contribution in [3.05, 3.63) is 35.4 Å². The van der Waals surface area contributed by atoms with Crippen LogP contribution >= 0.6 is 0 Å². The summed E-state index contributed by atoms with van der Waals surface area (Å²) in [6.07, 6.45) is 2.35. The van der Waals surface area contributed by atoms with Gasteiger partial charge in [-0.25, -0.2) is 8.78 Å². The van der Waals surface area contributed by atoms with Gasteiger partial charge in [0.15, 0.2) is 11.6 Å². The standard InChI is InChI=1S/C12H14F2N2O/c13-10-3-1-2-9(11(10)14)12(17)16-7-6-15-8-4-5-8/h1-3,8,15H,4-7H2,(H,16,17). The Balaban J connectivity index is 1.83. The molecule has 0 unspecified atom stereocenters. The third-order valence-corrected chi connectivity index (χ3v) is 2.62. The molecule has 1 aromatic rings. The molecule has 0 aliphatic heterocycles. The second-order valence-corrected chi connectivity index (χ2v) is 4.09. The molecule has 92 valence electrons. The van der Waals surface area contributed by atoms with Crippen molar-refractivity contribution in [2.45, 2.75) is 18.9 Å². The van der Waals surface area contributed by atoms with Crippen LogP contribution < -0.4 is 10.6 Å². The number of hydrogen-bond donors (Lipinski definition) is 2. The summed E-state index contributed by atoms with van der Waals surface area (Å²) in [4.78, 5) is 11.5. The molecule has 1 aliphatic carbocycles. The van der Waals surface area contributed by atoms with Crippen LogP contribution in [-0.4, -0.2) is 25.0 Å². The predicted molar refractivity (Wildman–Crippen MR) is 59.7 cm³/mol. The highest BCUT2D eigenvalue weighted by Crippen LogP contribution is 2.17. The van der Waals surface area contributed by atoms with Crippen molar-refractivity contribution in [2.75, 3.05) is 13.1 Å². The minimum Gasteiger partial charge on any atom is -0.351 e. The summed E-state index contributed by atoms with van der Waals surface area (Å²) in [5.74, 6) is -2.69. The monoisotopic (exact) mass is 240 g/mol. The topological polar surface area (TPSA) is 41.1 Å². The molecule has 0 atom stereocenters. The van der Waals surface area contributed by atoms with Crippen molar-refractivity contribution >= 4 is 5.91 Å². The quantitative estimate of drug-likeness (QED) is 0.765. The first kappa shape index (κ1) is 12.0. The first-order valence-corrected chi connectivity index (χ1v) is 5.64. The lowest BCUT2D eigenvalue weighted by atomic mass is 10.2. The maximum atomic E-state index is 13.2. The van der Waals surface area contributed by atoms with Crippen molar-refractivity contribution in [3.63, 3.8) is 0 Å². The lowest BCUT2D eigenvalue weighted by Gasteiger charge is -2.07. The van der Waals surface area contributed by atoms with E-state index in [-0.39, 0.29) is 5.56 Å². The lowest BCUT2D eigenvalue weighted by molar-refractivity contribution is 0.0949. The van der Waals surface area contributed by atoms with Crippen LogP contribution in [0.4, 0.5) is 8.78 Å². The third kappa shape index (κ3) is 3.23. The van der Waals surface area contributed by atoms with Crippen molar-refractivity contribution in [1.29, 1.82) is 0 Å². The molecule has 0 spiro atoms. The van der Waals surface area contributed by atoms with E-state index in [4.69, 9.17) is 0 Å². The second kappa shape index (κ2) is 5.23. The molecule has 1 aliphatic rings. The highest BCUT2D eigenvalue weighted by atomic mass is 19.2. The van der Waals surface area contributed by atoms with Crippen LogP contribution in [0.5, 0.6) is 0 Å². The number of hydrogen-bond acceptors (Lipinski definition) is 2. The maximum Gasteiger partial charge on any atom is 0.254 e. The SMILES string of the molecule is O=C(NCCNC1CC1)c1cccc(F)c1F. The van der Waals surface area contributed by atoms with Gasteiger partial charge >= 0.3 is 0 Å². The zero-order valence-corrected chi connectivity index (χ0v) is 9.30. The average molecular weight is 240 g/mol. The van der Waals surface area contributed by atoms with Crippen LogP contribution in [0.2, 0.25) is 0 Å². The summed E-state index contributed by atoms with van der Waals surface area (Å²) in [5.41, 5.74) is -0.253. The van der Waals surface area contributed by atoms with Gasteiger partial charge in [-0.3, -0.25) is 4.79 Å². The molecular formula is C12H14F2N2O. The summed E-state index contributed by atoms with van der Waals surface area (Å²) in [6.45, 7) is 1.05. The molecule has 0 heterocycles. The zero-order valence-electron chi connectivity index (χ0n) is 9.30. The largest absolute Gasteiger partial charge is 0.351 e. The minimum atomic E-state index is -1.10. The molecule has 0 bridgehead atoms. The maximum absolute atomic E-state index is 13.2. The molecule has 1 fully saturated rings. The molecule has 0 aromatic heterocycles. The van der Waals surface area contributed by atoms with Gasteiger partial charge < -0.3 is 10.6 Å². The normalized spacial score (nSPS) is 14.7. The number of halogens is 2. The summed E-state index contributed by atoms with van der Waals surface area (Å²) in [6, 6.07) is 4.14. The van der Waals surface area contributed by atoms with Gasteiger partial charge in [0.2, 0.25) is 0 Å². The zero-order chi connectivity index (χ0) is 12.3. The van der Waals surface area contributed by atoms with E-state index in [0.717, 1.165) is 6.07 Å². The molecule has 1 saturated carbocycles. The summed E-state index contributed by atoms with van der Waals surface area (Å²) in [7, 11) is 0. The Morgan fingerprint density at radius 3 is 2.76 bits per heavy atom. The van der Waals surface area contributed by atoms with Gasteiger partial charge in [0, 0.05) is 19.1 Å². The number of nitrogens with one attached hydrogen (secondary N) is 2. The summed E-state index contributed by atoms with van der Waals surface area (Å²) >= 11 is 0. The fourth-order valence-corrected chi connectivity index (χ4v) is 1.51. The van der Waals surface area contributed by atoms with E-state index >= 15 is 0 Å². The summed E-state index contributed by atoms with van der Waals surface area (Å²) < 4.78 is 26.1. The molecule has 17 heavy (non-hydrogen) atoms. The van der Waals surface area contributed by atoms with Gasteiger partial charge in [0.1, 0.15) is 0 Å². The van der Waals surface area contributed by atoms with Crippen molar-refractivity contribution in [2.24, 2.45) is 0 Å². The van der Waals surface area contributed by atoms with E-state index in [0.29, 0.717) is 19.1 Å². The smallest absolute Gasteiger partial charge is 0.254 e. The van der Waals surface area contributed by atoms with Crippen molar-refractivity contribution in [3.8, 4) is 0 Å². The Bertz CT molecular complexity index is 419. The van der Waals surface area contributed by atoms with Crippen molar-refractivity contribution < 1.29 is 13.6 Å². The van der Waals surface area contributed by atoms with E-state index < -0.39 is 17.5 Å². The fourth-order valence-electron chi connectivity index (χ4n) is 1.51. The average Bonchev–Trinajstić information content (AvgIpc) is 3.12. The number of rotatable bonds is 5.